The first kappa shape index (κ1) is 41.4. The third kappa shape index (κ3) is 10.5. The van der Waals surface area contributed by atoms with Gasteiger partial charge >= 0.3 is 0 Å². The van der Waals surface area contributed by atoms with Crippen LogP contribution in [0.15, 0.2) is 48.5 Å². The second-order valence-electron chi connectivity index (χ2n) is 14.8. The van der Waals surface area contributed by atoms with Crippen molar-refractivity contribution in [1.82, 2.24) is 36.4 Å². The van der Waals surface area contributed by atoms with Crippen LogP contribution in [-0.2, 0) is 35.1 Å². The van der Waals surface area contributed by atoms with Gasteiger partial charge in [0.1, 0.15) is 24.7 Å². The molecule has 0 radical (unpaired) electrons. The van der Waals surface area contributed by atoms with Gasteiger partial charge in [0.2, 0.25) is 29.5 Å². The molecule has 1 aliphatic carbocycles. The SMILES string of the molecule is CN[C@@H](C)C(=O)N[C@H](C(=O)N1CCCC1)c1ccc(C#CCO[C@H](C)[C@H](NC(=O)[C@H](C)NC)C(=O)N2CCC[C@H]2C(=O)N[C@@H]2CCCc3ccccc32)cc1. The average molecular weight is 756 g/mol. The van der Waals surface area contributed by atoms with Crippen LogP contribution in [0.1, 0.15) is 93.6 Å². The van der Waals surface area contributed by atoms with Gasteiger partial charge in [0.05, 0.1) is 24.2 Å². The van der Waals surface area contributed by atoms with Gasteiger partial charge in [0.25, 0.3) is 0 Å². The lowest BCUT2D eigenvalue weighted by molar-refractivity contribution is -0.145. The lowest BCUT2D eigenvalue weighted by atomic mass is 9.87. The highest BCUT2D eigenvalue weighted by Crippen LogP contribution is 2.30. The minimum atomic E-state index is -1.04. The van der Waals surface area contributed by atoms with E-state index in [1.54, 1.807) is 68.9 Å². The molecular weight excluding hydrogens is 699 g/mol. The Hall–Kier alpha value is -4.77. The molecule has 13 heteroatoms. The number of fused-ring (bicyclic) bond motifs is 1. The predicted molar refractivity (Wildman–Crippen MR) is 209 cm³/mol. The molecule has 2 fully saturated rings. The summed E-state index contributed by atoms with van der Waals surface area (Å²) in [6.07, 6.45) is 5.14. The maximum Gasteiger partial charge on any atom is 0.249 e. The molecule has 296 valence electrons. The molecule has 2 heterocycles. The van der Waals surface area contributed by atoms with E-state index in [-0.39, 0.29) is 42.2 Å². The molecule has 5 N–H and O–H groups in total. The minimum absolute atomic E-state index is 0.0246. The standard InChI is InChI=1S/C42H57N7O6/c1-27(43-4)38(50)46-36(42(54)49-25-11-18-35(49)40(52)45-34-17-10-15-31-14-6-7-16-33(31)34)29(3)55-26-12-13-30-19-21-32(22-20-30)37(47-39(51)28(2)44-5)41(53)48-23-8-9-24-48/h6-7,14,16,19-22,27-29,34-37,43-44H,8-11,15,17-18,23-26H2,1-5H3,(H,45,52)(H,46,50)(H,47,51)/t27-,28-,29+,34+,35-,36-,37-/m0/s1. The van der Waals surface area contributed by atoms with Crippen LogP contribution in [0.25, 0.3) is 0 Å². The van der Waals surface area contributed by atoms with Crippen molar-refractivity contribution in [2.75, 3.05) is 40.3 Å². The number of likely N-dealkylation sites (tertiary alicyclic amines) is 2. The molecular formula is C42H57N7O6. The molecule has 0 spiro atoms. The summed E-state index contributed by atoms with van der Waals surface area (Å²) >= 11 is 0. The Morgan fingerprint density at radius 1 is 0.800 bits per heavy atom. The van der Waals surface area contributed by atoms with Gasteiger partial charge in [0, 0.05) is 25.2 Å². The van der Waals surface area contributed by atoms with Crippen molar-refractivity contribution in [3.05, 3.63) is 70.8 Å². The highest BCUT2D eigenvalue weighted by molar-refractivity contribution is 5.94. The lowest BCUT2D eigenvalue weighted by Gasteiger charge is -2.33. The van der Waals surface area contributed by atoms with E-state index >= 15 is 0 Å². The summed E-state index contributed by atoms with van der Waals surface area (Å²) in [5, 5.41) is 14.8. The topological polar surface area (TPSA) is 161 Å². The molecule has 5 rings (SSSR count). The molecule has 0 unspecified atom stereocenters. The van der Waals surface area contributed by atoms with E-state index < -0.39 is 36.3 Å². The van der Waals surface area contributed by atoms with Crippen LogP contribution in [0.2, 0.25) is 0 Å². The second kappa shape index (κ2) is 19.7. The number of rotatable bonds is 14. The van der Waals surface area contributed by atoms with E-state index in [0.717, 1.165) is 37.7 Å². The first-order valence-corrected chi connectivity index (χ1v) is 19.7. The van der Waals surface area contributed by atoms with E-state index in [2.05, 4.69) is 50.6 Å². The number of amides is 5. The van der Waals surface area contributed by atoms with E-state index in [9.17, 15) is 24.0 Å². The Labute approximate surface area is 325 Å². The maximum absolute atomic E-state index is 14.2. The number of hydrogen-bond donors (Lipinski definition) is 5. The number of nitrogens with zero attached hydrogens (tertiary/aromatic N) is 2. The molecule has 55 heavy (non-hydrogen) atoms. The predicted octanol–water partition coefficient (Wildman–Crippen LogP) is 2.11. The Bertz CT molecular complexity index is 1730. The lowest BCUT2D eigenvalue weighted by Crippen LogP contribution is -2.59. The molecule has 2 saturated heterocycles. The molecule has 5 amide bonds. The fourth-order valence-corrected chi connectivity index (χ4v) is 7.42. The van der Waals surface area contributed by atoms with Crippen molar-refractivity contribution in [3.8, 4) is 11.8 Å². The number of carbonyl (C=O) groups excluding carboxylic acids is 5. The molecule has 0 aromatic heterocycles. The molecule has 7 atom stereocenters. The molecule has 0 bridgehead atoms. The van der Waals surface area contributed by atoms with Crippen molar-refractivity contribution in [2.45, 2.75) is 108 Å². The quantitative estimate of drug-likeness (QED) is 0.184. The number of likely N-dealkylation sites (N-methyl/N-ethyl adjacent to an activating group) is 2. The van der Waals surface area contributed by atoms with Crippen molar-refractivity contribution in [3.63, 3.8) is 0 Å². The summed E-state index contributed by atoms with van der Waals surface area (Å²) in [6, 6.07) is 11.7. The van der Waals surface area contributed by atoms with Crippen molar-refractivity contribution in [2.24, 2.45) is 0 Å². The molecule has 2 aromatic rings. The monoisotopic (exact) mass is 755 g/mol. The summed E-state index contributed by atoms with van der Waals surface area (Å²) < 4.78 is 6.04. The van der Waals surface area contributed by atoms with Crippen LogP contribution >= 0.6 is 0 Å². The van der Waals surface area contributed by atoms with Crippen LogP contribution in [-0.4, -0.2) is 110 Å². The fourth-order valence-electron chi connectivity index (χ4n) is 7.42. The number of ether oxygens (including phenoxy) is 1. The third-order valence-corrected chi connectivity index (χ3v) is 11.1. The van der Waals surface area contributed by atoms with Crippen molar-refractivity contribution >= 4 is 29.5 Å². The van der Waals surface area contributed by atoms with Gasteiger partial charge in [-0.1, -0.05) is 48.2 Å². The number of hydrogen-bond acceptors (Lipinski definition) is 8. The summed E-state index contributed by atoms with van der Waals surface area (Å²) in [4.78, 5) is 70.5. The van der Waals surface area contributed by atoms with Gasteiger partial charge in [-0.2, -0.15) is 0 Å². The molecule has 3 aliphatic rings. The zero-order valence-corrected chi connectivity index (χ0v) is 32.8. The average Bonchev–Trinajstić information content (AvgIpc) is 3.94. The number of carbonyl (C=O) groups is 5. The molecule has 13 nitrogen and oxygen atoms in total. The summed E-state index contributed by atoms with van der Waals surface area (Å²) in [5.41, 5.74) is 3.71. The fraction of sp³-hybridized carbons (Fsp3) is 0.548. The number of benzene rings is 2. The van der Waals surface area contributed by atoms with Gasteiger partial charge in [-0.05, 0) is 109 Å². The summed E-state index contributed by atoms with van der Waals surface area (Å²) in [7, 11) is 3.36. The third-order valence-electron chi connectivity index (χ3n) is 11.1. The Balaban J connectivity index is 1.24. The van der Waals surface area contributed by atoms with Gasteiger partial charge in [-0.25, -0.2) is 0 Å². The summed E-state index contributed by atoms with van der Waals surface area (Å²) in [6.45, 7) is 6.87. The van der Waals surface area contributed by atoms with E-state index in [1.165, 1.54) is 5.56 Å². The molecule has 0 saturated carbocycles. The largest absolute Gasteiger partial charge is 0.363 e. The number of nitrogens with one attached hydrogen (secondary N) is 5. The Kier molecular flexibility index (Phi) is 14.8. The highest BCUT2D eigenvalue weighted by atomic mass is 16.5. The zero-order valence-electron chi connectivity index (χ0n) is 32.8. The van der Waals surface area contributed by atoms with E-state index in [0.29, 0.717) is 43.6 Å². The molecule has 2 aliphatic heterocycles. The number of aryl methyl sites for hydroxylation is 1. The van der Waals surface area contributed by atoms with Gasteiger partial charge in [-0.15, -0.1) is 0 Å². The van der Waals surface area contributed by atoms with E-state index in [4.69, 9.17) is 4.74 Å². The minimum Gasteiger partial charge on any atom is -0.363 e. The van der Waals surface area contributed by atoms with Gasteiger partial charge in [0.15, 0.2) is 0 Å². The van der Waals surface area contributed by atoms with Gasteiger partial charge in [-0.3, -0.25) is 24.0 Å². The second-order valence-corrected chi connectivity index (χ2v) is 14.8. The van der Waals surface area contributed by atoms with Crippen LogP contribution in [0, 0.1) is 11.8 Å². The first-order valence-electron chi connectivity index (χ1n) is 19.7. The van der Waals surface area contributed by atoms with Crippen LogP contribution in [0.3, 0.4) is 0 Å². The van der Waals surface area contributed by atoms with Crippen LogP contribution in [0.5, 0.6) is 0 Å². The summed E-state index contributed by atoms with van der Waals surface area (Å²) in [5.74, 6) is 4.74. The maximum atomic E-state index is 14.2. The van der Waals surface area contributed by atoms with E-state index in [1.807, 2.05) is 12.1 Å². The molecule has 2 aromatic carbocycles. The first-order chi connectivity index (χ1) is 26.5. The van der Waals surface area contributed by atoms with Crippen molar-refractivity contribution in [1.29, 1.82) is 0 Å². The van der Waals surface area contributed by atoms with Gasteiger partial charge < -0.3 is 41.1 Å². The Morgan fingerprint density at radius 2 is 1.47 bits per heavy atom. The Morgan fingerprint density at radius 3 is 2.16 bits per heavy atom. The smallest absolute Gasteiger partial charge is 0.249 e. The highest BCUT2D eigenvalue weighted by Gasteiger charge is 2.41. The van der Waals surface area contributed by atoms with Crippen LogP contribution < -0.4 is 26.6 Å². The normalized spacial score (nSPS) is 20.5. The van der Waals surface area contributed by atoms with Crippen LogP contribution in [0.4, 0.5) is 0 Å². The van der Waals surface area contributed by atoms with Crippen molar-refractivity contribution < 1.29 is 28.7 Å². The zero-order chi connectivity index (χ0) is 39.5.